The molecule has 28 heavy (non-hydrogen) atoms. The van der Waals surface area contributed by atoms with Crippen LogP contribution in [0, 0.1) is 0 Å². The maximum Gasteiger partial charge on any atom is 0.317 e. The minimum absolute atomic E-state index is 0.105. The molecule has 0 radical (unpaired) electrons. The molecule has 0 aliphatic carbocycles. The molecular formula is C20H21NO6S. The lowest BCUT2D eigenvalue weighted by Crippen LogP contribution is -2.30. The van der Waals surface area contributed by atoms with Crippen LogP contribution >= 0.6 is 11.8 Å². The second kappa shape index (κ2) is 9.36. The van der Waals surface area contributed by atoms with Crippen LogP contribution in [0.3, 0.4) is 0 Å². The molecule has 0 fully saturated rings. The van der Waals surface area contributed by atoms with E-state index in [1.54, 1.807) is 25.3 Å². The van der Waals surface area contributed by atoms with Crippen LogP contribution < -0.4 is 19.5 Å². The zero-order valence-electron chi connectivity index (χ0n) is 15.6. The number of rotatable bonds is 7. The van der Waals surface area contributed by atoms with Crippen LogP contribution in [0.1, 0.15) is 6.92 Å². The SMILES string of the molecule is COc1ccc(SCC(=O)O[C@H](C)C(=O)Nc2ccc3c(c2)OCCO3)cc1. The second-order valence-electron chi connectivity index (χ2n) is 5.94. The van der Waals surface area contributed by atoms with Gasteiger partial charge < -0.3 is 24.3 Å². The van der Waals surface area contributed by atoms with E-state index >= 15 is 0 Å². The van der Waals surface area contributed by atoms with Crippen molar-refractivity contribution in [3.05, 3.63) is 42.5 Å². The van der Waals surface area contributed by atoms with Crippen molar-refractivity contribution in [2.24, 2.45) is 0 Å². The van der Waals surface area contributed by atoms with Gasteiger partial charge in [-0.15, -0.1) is 11.8 Å². The Bertz CT molecular complexity index is 839. The molecule has 0 saturated heterocycles. The van der Waals surface area contributed by atoms with Crippen molar-refractivity contribution < 1.29 is 28.5 Å². The molecule has 1 aliphatic rings. The lowest BCUT2D eigenvalue weighted by atomic mass is 10.2. The molecule has 7 nitrogen and oxygen atoms in total. The summed E-state index contributed by atoms with van der Waals surface area (Å²) in [5.74, 6) is 1.18. The highest BCUT2D eigenvalue weighted by molar-refractivity contribution is 8.00. The third kappa shape index (κ3) is 5.32. The lowest BCUT2D eigenvalue weighted by Gasteiger charge is -2.19. The van der Waals surface area contributed by atoms with Crippen LogP contribution in [0.25, 0.3) is 0 Å². The van der Waals surface area contributed by atoms with Crippen LogP contribution in [0.5, 0.6) is 17.2 Å². The molecule has 0 unspecified atom stereocenters. The number of carbonyl (C=O) groups is 2. The van der Waals surface area contributed by atoms with Gasteiger partial charge in [-0.25, -0.2) is 0 Å². The quantitative estimate of drug-likeness (QED) is 0.562. The van der Waals surface area contributed by atoms with E-state index in [9.17, 15) is 9.59 Å². The normalized spacial score (nSPS) is 13.4. The monoisotopic (exact) mass is 403 g/mol. The van der Waals surface area contributed by atoms with Crippen LogP contribution in [0.15, 0.2) is 47.4 Å². The Morgan fingerprint density at radius 1 is 1.11 bits per heavy atom. The van der Waals surface area contributed by atoms with Crippen molar-refractivity contribution in [2.75, 3.05) is 31.4 Å². The van der Waals surface area contributed by atoms with Gasteiger partial charge in [0.25, 0.3) is 5.91 Å². The number of amides is 1. The molecule has 2 aromatic rings. The summed E-state index contributed by atoms with van der Waals surface area (Å²) in [4.78, 5) is 25.2. The van der Waals surface area contributed by atoms with Crippen molar-refractivity contribution in [2.45, 2.75) is 17.9 Å². The zero-order valence-corrected chi connectivity index (χ0v) is 16.4. The molecule has 1 amide bonds. The van der Waals surface area contributed by atoms with Crippen molar-refractivity contribution in [1.29, 1.82) is 0 Å². The number of nitrogens with one attached hydrogen (secondary N) is 1. The van der Waals surface area contributed by atoms with Crippen LogP contribution in [-0.2, 0) is 14.3 Å². The second-order valence-corrected chi connectivity index (χ2v) is 6.99. The topological polar surface area (TPSA) is 83.1 Å². The Kier molecular flexibility index (Phi) is 6.65. The van der Waals surface area contributed by atoms with Gasteiger partial charge in [0.1, 0.15) is 19.0 Å². The Hall–Kier alpha value is -2.87. The van der Waals surface area contributed by atoms with Crippen molar-refractivity contribution in [3.63, 3.8) is 0 Å². The van der Waals surface area contributed by atoms with Gasteiger partial charge >= 0.3 is 5.97 Å². The molecule has 1 aliphatic heterocycles. The minimum atomic E-state index is -0.919. The van der Waals surface area contributed by atoms with Gasteiger partial charge in [-0.3, -0.25) is 9.59 Å². The molecule has 0 saturated carbocycles. The van der Waals surface area contributed by atoms with Gasteiger partial charge in [0.05, 0.1) is 12.9 Å². The Labute approximate surface area is 167 Å². The van der Waals surface area contributed by atoms with Crippen molar-refractivity contribution >= 4 is 29.3 Å². The number of anilines is 1. The summed E-state index contributed by atoms with van der Waals surface area (Å²) in [6.07, 6.45) is -0.919. The first-order valence-electron chi connectivity index (χ1n) is 8.72. The first-order chi connectivity index (χ1) is 13.5. The Balaban J connectivity index is 1.47. The van der Waals surface area contributed by atoms with E-state index in [2.05, 4.69) is 5.32 Å². The number of fused-ring (bicyclic) bond motifs is 1. The molecule has 2 aromatic carbocycles. The molecule has 0 bridgehead atoms. The molecule has 0 aromatic heterocycles. The molecule has 8 heteroatoms. The average Bonchev–Trinajstić information content (AvgIpc) is 2.72. The molecule has 3 rings (SSSR count). The van der Waals surface area contributed by atoms with E-state index in [0.717, 1.165) is 10.6 Å². The summed E-state index contributed by atoms with van der Waals surface area (Å²) in [5.41, 5.74) is 0.546. The molecule has 0 spiro atoms. The fourth-order valence-corrected chi connectivity index (χ4v) is 3.15. The van der Waals surface area contributed by atoms with E-state index in [1.165, 1.54) is 18.7 Å². The number of methoxy groups -OCH3 is 1. The lowest BCUT2D eigenvalue weighted by molar-refractivity contribution is -0.150. The molecule has 1 heterocycles. The van der Waals surface area contributed by atoms with Gasteiger partial charge in [0.2, 0.25) is 0 Å². The van der Waals surface area contributed by atoms with Gasteiger partial charge in [0, 0.05) is 16.6 Å². The predicted molar refractivity (Wildman–Crippen MR) is 105 cm³/mol. The number of carbonyl (C=O) groups excluding carboxylic acids is 2. The highest BCUT2D eigenvalue weighted by atomic mass is 32.2. The minimum Gasteiger partial charge on any atom is -0.497 e. The third-order valence-corrected chi connectivity index (χ3v) is 4.89. The molecule has 148 valence electrons. The van der Waals surface area contributed by atoms with E-state index in [-0.39, 0.29) is 5.75 Å². The zero-order chi connectivity index (χ0) is 19.9. The maximum atomic E-state index is 12.3. The summed E-state index contributed by atoms with van der Waals surface area (Å²) in [7, 11) is 1.59. The maximum absolute atomic E-state index is 12.3. The number of hydrogen-bond donors (Lipinski definition) is 1. The summed E-state index contributed by atoms with van der Waals surface area (Å²) in [6, 6.07) is 12.5. The number of esters is 1. The number of thioether (sulfide) groups is 1. The van der Waals surface area contributed by atoms with Gasteiger partial charge in [-0.05, 0) is 43.3 Å². The van der Waals surface area contributed by atoms with Gasteiger partial charge in [-0.2, -0.15) is 0 Å². The summed E-state index contributed by atoms with van der Waals surface area (Å²) in [5, 5.41) is 2.71. The number of hydrogen-bond acceptors (Lipinski definition) is 7. The molecule has 1 N–H and O–H groups in total. The first kappa shape index (κ1) is 19.9. The van der Waals surface area contributed by atoms with E-state index in [1.807, 2.05) is 24.3 Å². The van der Waals surface area contributed by atoms with Crippen LogP contribution in [0.2, 0.25) is 0 Å². The Morgan fingerprint density at radius 2 is 1.82 bits per heavy atom. The molecule has 1 atom stereocenters. The van der Waals surface area contributed by atoms with Crippen LogP contribution in [-0.4, -0.2) is 44.1 Å². The van der Waals surface area contributed by atoms with E-state index in [0.29, 0.717) is 30.4 Å². The number of ether oxygens (including phenoxy) is 4. The van der Waals surface area contributed by atoms with Crippen molar-refractivity contribution in [1.82, 2.24) is 0 Å². The largest absolute Gasteiger partial charge is 0.497 e. The fraction of sp³-hybridized carbons (Fsp3) is 0.300. The highest BCUT2D eigenvalue weighted by Gasteiger charge is 2.19. The van der Waals surface area contributed by atoms with Crippen molar-refractivity contribution in [3.8, 4) is 17.2 Å². The third-order valence-electron chi connectivity index (χ3n) is 3.90. The fourth-order valence-electron chi connectivity index (χ4n) is 2.46. The predicted octanol–water partition coefficient (Wildman–Crippen LogP) is 3.13. The average molecular weight is 403 g/mol. The summed E-state index contributed by atoms with van der Waals surface area (Å²) in [6.45, 7) is 2.49. The van der Waals surface area contributed by atoms with E-state index in [4.69, 9.17) is 18.9 Å². The highest BCUT2D eigenvalue weighted by Crippen LogP contribution is 2.32. The Morgan fingerprint density at radius 3 is 2.54 bits per heavy atom. The van der Waals surface area contributed by atoms with Crippen LogP contribution in [0.4, 0.5) is 5.69 Å². The molecular weight excluding hydrogens is 382 g/mol. The van der Waals surface area contributed by atoms with E-state index < -0.39 is 18.0 Å². The standard InChI is InChI=1S/C20H21NO6S/c1-13(27-19(22)12-28-16-6-4-15(24-2)5-7-16)20(23)21-14-3-8-17-18(11-14)26-10-9-25-17/h3-8,11,13H,9-10,12H2,1-2H3,(H,21,23)/t13-/m1/s1. The number of benzene rings is 2. The first-order valence-corrected chi connectivity index (χ1v) is 9.70. The smallest absolute Gasteiger partial charge is 0.317 e. The van der Waals surface area contributed by atoms with Gasteiger partial charge in [0.15, 0.2) is 17.6 Å². The van der Waals surface area contributed by atoms with Gasteiger partial charge in [-0.1, -0.05) is 0 Å². The summed E-state index contributed by atoms with van der Waals surface area (Å²) < 4.78 is 21.2. The summed E-state index contributed by atoms with van der Waals surface area (Å²) >= 11 is 1.33.